The normalized spacial score (nSPS) is 14.4. The molecule has 6 nitrogen and oxygen atoms in total. The number of hydrogen-bond donors (Lipinski definition) is 2. The molecule has 0 aliphatic carbocycles. The summed E-state index contributed by atoms with van der Waals surface area (Å²) < 4.78 is 21.1. The summed E-state index contributed by atoms with van der Waals surface area (Å²) in [5, 5.41) is 6.20. The second kappa shape index (κ2) is 9.45. The van der Waals surface area contributed by atoms with E-state index in [0.717, 1.165) is 37.3 Å². The molecule has 3 aromatic rings. The van der Waals surface area contributed by atoms with Gasteiger partial charge in [-0.15, -0.1) is 12.4 Å². The third-order valence-corrected chi connectivity index (χ3v) is 5.43. The number of anilines is 2. The quantitative estimate of drug-likeness (QED) is 0.626. The minimum absolute atomic E-state index is 0. The van der Waals surface area contributed by atoms with Gasteiger partial charge in [-0.25, -0.2) is 9.37 Å². The number of hydrogen-bond acceptors (Lipinski definition) is 4. The third-order valence-electron chi connectivity index (χ3n) is 5.43. The van der Waals surface area contributed by atoms with Crippen LogP contribution in [0.1, 0.15) is 34.6 Å². The zero-order chi connectivity index (χ0) is 20.4. The molecule has 0 unspecified atom stereocenters. The zero-order valence-corrected chi connectivity index (χ0v) is 17.9. The molecule has 1 aromatic carbocycles. The number of rotatable bonds is 5. The summed E-state index contributed by atoms with van der Waals surface area (Å²) in [6.07, 6.45) is 3.49. The number of aromatic nitrogens is 2. The summed E-state index contributed by atoms with van der Waals surface area (Å²) in [5.74, 6) is 0.588. The molecule has 1 fully saturated rings. The van der Waals surface area contributed by atoms with E-state index in [2.05, 4.69) is 15.6 Å². The number of aryl methyl sites for hydroxylation is 2. The van der Waals surface area contributed by atoms with Gasteiger partial charge >= 0.3 is 0 Å². The Hall–Kier alpha value is -2.64. The van der Waals surface area contributed by atoms with Crippen LogP contribution in [0.2, 0.25) is 0 Å². The van der Waals surface area contributed by atoms with Gasteiger partial charge in [0, 0.05) is 31.1 Å². The van der Waals surface area contributed by atoms with Crippen molar-refractivity contribution in [1.29, 1.82) is 0 Å². The smallest absolute Gasteiger partial charge is 0.269 e. The Kier molecular flexibility index (Phi) is 6.95. The highest BCUT2D eigenvalue weighted by Crippen LogP contribution is 2.24. The van der Waals surface area contributed by atoms with Crippen LogP contribution in [0, 0.1) is 25.6 Å². The fourth-order valence-electron chi connectivity index (χ4n) is 3.63. The first-order chi connectivity index (χ1) is 14.0. The van der Waals surface area contributed by atoms with E-state index in [1.165, 1.54) is 6.07 Å². The van der Waals surface area contributed by atoms with Crippen LogP contribution in [-0.2, 0) is 4.74 Å². The van der Waals surface area contributed by atoms with Gasteiger partial charge in [0.1, 0.15) is 11.5 Å². The van der Waals surface area contributed by atoms with Crippen molar-refractivity contribution in [3.05, 3.63) is 59.3 Å². The Morgan fingerprint density at radius 1 is 1.23 bits per heavy atom. The lowest BCUT2D eigenvalue weighted by molar-refractivity contribution is 0.0642. The summed E-state index contributed by atoms with van der Waals surface area (Å²) in [7, 11) is 0. The SMILES string of the molecule is Cc1ccc(Nc2ncc(C(=O)NCC3CCOCC3)n3c(C)ccc23)cc1F.Cl. The Labute approximate surface area is 181 Å². The van der Waals surface area contributed by atoms with Crippen molar-refractivity contribution in [3.63, 3.8) is 0 Å². The van der Waals surface area contributed by atoms with Crippen LogP contribution in [0.15, 0.2) is 36.5 Å². The molecule has 2 aromatic heterocycles. The standard InChI is InChI=1S/C22H25FN4O2.ClH/c1-14-3-5-17(11-18(14)23)26-21-19-6-4-15(2)27(19)20(13-24-21)22(28)25-12-16-7-9-29-10-8-16;/h3-6,11,13,16H,7-10,12H2,1-2H3,(H,24,26)(H,25,28);1H. The van der Waals surface area contributed by atoms with Gasteiger partial charge in [-0.1, -0.05) is 6.07 Å². The van der Waals surface area contributed by atoms with Crippen LogP contribution in [0.3, 0.4) is 0 Å². The lowest BCUT2D eigenvalue weighted by atomic mass is 10.0. The molecule has 0 radical (unpaired) electrons. The minimum Gasteiger partial charge on any atom is -0.381 e. The lowest BCUT2D eigenvalue weighted by Crippen LogP contribution is -2.33. The van der Waals surface area contributed by atoms with Crippen molar-refractivity contribution in [3.8, 4) is 0 Å². The number of ether oxygens (including phenoxy) is 1. The van der Waals surface area contributed by atoms with E-state index in [9.17, 15) is 9.18 Å². The maximum absolute atomic E-state index is 13.9. The highest BCUT2D eigenvalue weighted by atomic mass is 35.5. The molecule has 0 atom stereocenters. The van der Waals surface area contributed by atoms with Crippen LogP contribution in [0.25, 0.3) is 5.52 Å². The number of carbonyl (C=O) groups is 1. The van der Waals surface area contributed by atoms with E-state index in [4.69, 9.17) is 4.74 Å². The predicted molar refractivity (Wildman–Crippen MR) is 117 cm³/mol. The molecule has 30 heavy (non-hydrogen) atoms. The van der Waals surface area contributed by atoms with Gasteiger partial charge in [-0.05, 0) is 62.4 Å². The van der Waals surface area contributed by atoms with E-state index >= 15 is 0 Å². The molecule has 2 N–H and O–H groups in total. The Bertz CT molecular complexity index is 1050. The van der Waals surface area contributed by atoms with E-state index < -0.39 is 0 Å². The monoisotopic (exact) mass is 432 g/mol. The second-order valence-corrected chi connectivity index (χ2v) is 7.54. The second-order valence-electron chi connectivity index (χ2n) is 7.54. The molecule has 1 amide bonds. The molecule has 0 bridgehead atoms. The predicted octanol–water partition coefficient (Wildman–Crippen LogP) is 4.41. The van der Waals surface area contributed by atoms with Crippen LogP contribution in [-0.4, -0.2) is 35.1 Å². The van der Waals surface area contributed by atoms with Crippen LogP contribution in [0.4, 0.5) is 15.9 Å². The van der Waals surface area contributed by atoms with Gasteiger partial charge in [-0.2, -0.15) is 0 Å². The number of amides is 1. The summed E-state index contributed by atoms with van der Waals surface area (Å²) in [5.41, 5.74) is 3.37. The molecule has 3 heterocycles. The largest absolute Gasteiger partial charge is 0.381 e. The maximum Gasteiger partial charge on any atom is 0.269 e. The van der Waals surface area contributed by atoms with Crippen molar-refractivity contribution < 1.29 is 13.9 Å². The number of nitrogens with one attached hydrogen (secondary N) is 2. The van der Waals surface area contributed by atoms with Gasteiger partial charge < -0.3 is 19.8 Å². The van der Waals surface area contributed by atoms with E-state index in [0.29, 0.717) is 35.2 Å². The highest BCUT2D eigenvalue weighted by molar-refractivity contribution is 5.94. The zero-order valence-electron chi connectivity index (χ0n) is 17.1. The summed E-state index contributed by atoms with van der Waals surface area (Å²) in [6, 6.07) is 8.81. The molecule has 1 aliphatic rings. The number of benzene rings is 1. The number of halogens is 2. The van der Waals surface area contributed by atoms with E-state index in [1.54, 1.807) is 25.3 Å². The van der Waals surface area contributed by atoms with Crippen molar-refractivity contribution in [2.45, 2.75) is 26.7 Å². The van der Waals surface area contributed by atoms with Crippen LogP contribution >= 0.6 is 12.4 Å². The van der Waals surface area contributed by atoms with Crippen molar-refractivity contribution in [2.75, 3.05) is 25.1 Å². The molecule has 1 aliphatic heterocycles. The lowest BCUT2D eigenvalue weighted by Gasteiger charge is -2.22. The number of carbonyl (C=O) groups excluding carboxylic acids is 1. The van der Waals surface area contributed by atoms with Gasteiger partial charge in [-0.3, -0.25) is 4.79 Å². The Balaban J connectivity index is 0.00000256. The average Bonchev–Trinajstić information content (AvgIpc) is 3.12. The number of fused-ring (bicyclic) bond motifs is 1. The van der Waals surface area contributed by atoms with Gasteiger partial charge in [0.2, 0.25) is 0 Å². The molecule has 0 spiro atoms. The first kappa shape index (κ1) is 22.1. The van der Waals surface area contributed by atoms with Crippen molar-refractivity contribution in [1.82, 2.24) is 14.7 Å². The Morgan fingerprint density at radius 3 is 2.73 bits per heavy atom. The molecule has 0 saturated carbocycles. The molecular weight excluding hydrogens is 407 g/mol. The fraction of sp³-hybridized carbons (Fsp3) is 0.364. The molecule has 160 valence electrons. The van der Waals surface area contributed by atoms with E-state index in [1.807, 2.05) is 23.5 Å². The van der Waals surface area contributed by atoms with Crippen molar-refractivity contribution >= 4 is 35.3 Å². The van der Waals surface area contributed by atoms with Gasteiger partial charge in [0.15, 0.2) is 5.82 Å². The van der Waals surface area contributed by atoms with Crippen molar-refractivity contribution in [2.24, 2.45) is 5.92 Å². The van der Waals surface area contributed by atoms with Gasteiger partial charge in [0.05, 0.1) is 11.7 Å². The first-order valence-electron chi connectivity index (χ1n) is 9.89. The summed E-state index contributed by atoms with van der Waals surface area (Å²) in [6.45, 7) is 5.80. The summed E-state index contributed by atoms with van der Waals surface area (Å²) in [4.78, 5) is 17.3. The van der Waals surface area contributed by atoms with Gasteiger partial charge in [0.25, 0.3) is 5.91 Å². The van der Waals surface area contributed by atoms with Crippen LogP contribution < -0.4 is 10.6 Å². The van der Waals surface area contributed by atoms with Crippen LogP contribution in [0.5, 0.6) is 0 Å². The topological polar surface area (TPSA) is 67.7 Å². The third kappa shape index (κ3) is 4.57. The first-order valence-corrected chi connectivity index (χ1v) is 9.89. The minimum atomic E-state index is -0.276. The molecular formula is C22H26ClFN4O2. The molecule has 8 heteroatoms. The number of nitrogens with zero attached hydrogens (tertiary/aromatic N) is 2. The molecule has 1 saturated heterocycles. The Morgan fingerprint density at radius 2 is 2.00 bits per heavy atom. The highest BCUT2D eigenvalue weighted by Gasteiger charge is 2.18. The van der Waals surface area contributed by atoms with E-state index in [-0.39, 0.29) is 24.1 Å². The average molecular weight is 433 g/mol. The molecule has 4 rings (SSSR count). The fourth-order valence-corrected chi connectivity index (χ4v) is 3.63. The summed E-state index contributed by atoms with van der Waals surface area (Å²) >= 11 is 0. The maximum atomic E-state index is 13.9.